The zero-order chi connectivity index (χ0) is 12.1. The number of thiophene rings is 1. The molecule has 1 aromatic heterocycles. The van der Waals surface area contributed by atoms with Gasteiger partial charge in [0.25, 0.3) is 0 Å². The Labute approximate surface area is 116 Å². The van der Waals surface area contributed by atoms with Crippen LogP contribution in [-0.2, 0) is 9.53 Å². The Balaban J connectivity index is 2.88. The van der Waals surface area contributed by atoms with E-state index in [1.807, 2.05) is 13.0 Å². The van der Waals surface area contributed by atoms with Gasteiger partial charge in [0, 0.05) is 9.35 Å². The Bertz CT molecular complexity index is 348. The van der Waals surface area contributed by atoms with Crippen LogP contribution in [0.5, 0.6) is 0 Å². The van der Waals surface area contributed by atoms with Gasteiger partial charge in [0.15, 0.2) is 0 Å². The number of carbonyl (C=O) groups is 1. The van der Waals surface area contributed by atoms with E-state index in [2.05, 4.69) is 37.2 Å². The Kier molecular flexibility index (Phi) is 5.96. The molecule has 1 N–H and O–H groups in total. The van der Waals surface area contributed by atoms with E-state index in [0.717, 1.165) is 19.7 Å². The molecule has 1 rings (SSSR count). The van der Waals surface area contributed by atoms with Gasteiger partial charge in [-0.15, -0.1) is 11.3 Å². The predicted octanol–water partition coefficient (Wildman–Crippen LogP) is 3.49. The third kappa shape index (κ3) is 3.55. The number of rotatable bonds is 5. The summed E-state index contributed by atoms with van der Waals surface area (Å²) in [6.07, 6.45) is 0. The van der Waals surface area contributed by atoms with Gasteiger partial charge in [-0.05, 0) is 51.4 Å². The number of likely N-dealkylation sites (N-methyl/N-ethyl adjacent to an activating group) is 1. The predicted molar refractivity (Wildman–Crippen MR) is 72.8 cm³/mol. The topological polar surface area (TPSA) is 38.3 Å². The molecular weight excluding hydrogens is 358 g/mol. The van der Waals surface area contributed by atoms with Crippen LogP contribution in [0.4, 0.5) is 0 Å². The lowest BCUT2D eigenvalue weighted by Crippen LogP contribution is -2.29. The van der Waals surface area contributed by atoms with E-state index in [9.17, 15) is 4.79 Å². The number of carbonyl (C=O) groups excluding carboxylic acids is 1. The van der Waals surface area contributed by atoms with Crippen molar-refractivity contribution >= 4 is 49.2 Å². The lowest BCUT2D eigenvalue weighted by atomic mass is 10.2. The molecule has 0 aromatic carbocycles. The van der Waals surface area contributed by atoms with Crippen molar-refractivity contribution in [3.05, 3.63) is 19.2 Å². The summed E-state index contributed by atoms with van der Waals surface area (Å²) < 4.78 is 6.97. The van der Waals surface area contributed by atoms with Crippen LogP contribution in [0.1, 0.15) is 24.8 Å². The Morgan fingerprint density at radius 1 is 1.56 bits per heavy atom. The zero-order valence-corrected chi connectivity index (χ0v) is 13.0. The molecule has 0 fully saturated rings. The first kappa shape index (κ1) is 14.2. The van der Waals surface area contributed by atoms with Crippen molar-refractivity contribution in [2.24, 2.45) is 0 Å². The van der Waals surface area contributed by atoms with Crippen LogP contribution in [0, 0.1) is 0 Å². The normalized spacial score (nSPS) is 12.5. The fraction of sp³-hybridized carbons (Fsp3) is 0.500. The molecule has 0 saturated carbocycles. The highest BCUT2D eigenvalue weighted by molar-refractivity contribution is 9.13. The molecule has 0 saturated heterocycles. The molecule has 6 heteroatoms. The lowest BCUT2D eigenvalue weighted by molar-refractivity contribution is -0.145. The van der Waals surface area contributed by atoms with Crippen molar-refractivity contribution in [3.8, 4) is 0 Å². The highest BCUT2D eigenvalue weighted by Gasteiger charge is 2.23. The number of esters is 1. The fourth-order valence-corrected chi connectivity index (χ4v) is 3.39. The SMILES string of the molecule is CCNC(C(=O)OCC)c1cc(Br)c(Br)s1. The van der Waals surface area contributed by atoms with Crippen molar-refractivity contribution in [2.75, 3.05) is 13.2 Å². The first-order valence-corrected chi connectivity index (χ1v) is 7.35. The van der Waals surface area contributed by atoms with Crippen molar-refractivity contribution in [2.45, 2.75) is 19.9 Å². The highest BCUT2D eigenvalue weighted by Crippen LogP contribution is 2.35. The maximum atomic E-state index is 11.7. The third-order valence-electron chi connectivity index (χ3n) is 1.88. The van der Waals surface area contributed by atoms with Crippen LogP contribution in [0.25, 0.3) is 0 Å². The first-order valence-electron chi connectivity index (χ1n) is 4.94. The summed E-state index contributed by atoms with van der Waals surface area (Å²) in [6.45, 7) is 4.89. The van der Waals surface area contributed by atoms with Gasteiger partial charge in [0.05, 0.1) is 10.4 Å². The third-order valence-corrected chi connectivity index (χ3v) is 5.20. The molecule has 0 aliphatic carbocycles. The van der Waals surface area contributed by atoms with Crippen LogP contribution in [0.15, 0.2) is 14.3 Å². The Hall–Kier alpha value is 0.0900. The van der Waals surface area contributed by atoms with Gasteiger partial charge in [-0.25, -0.2) is 4.79 Å². The summed E-state index contributed by atoms with van der Waals surface area (Å²) in [7, 11) is 0. The quantitative estimate of drug-likeness (QED) is 0.806. The largest absolute Gasteiger partial charge is 0.465 e. The molecule has 0 bridgehead atoms. The average Bonchev–Trinajstić information content (AvgIpc) is 2.55. The second kappa shape index (κ2) is 6.74. The van der Waals surface area contributed by atoms with E-state index in [1.165, 1.54) is 11.3 Å². The number of hydrogen-bond acceptors (Lipinski definition) is 4. The number of hydrogen-bond donors (Lipinski definition) is 1. The Morgan fingerprint density at radius 3 is 2.69 bits per heavy atom. The Morgan fingerprint density at radius 2 is 2.25 bits per heavy atom. The molecule has 0 spiro atoms. The summed E-state index contributed by atoms with van der Waals surface area (Å²) in [6, 6.07) is 1.55. The second-order valence-electron chi connectivity index (χ2n) is 3.01. The summed E-state index contributed by atoms with van der Waals surface area (Å²) in [5.41, 5.74) is 0. The molecule has 0 radical (unpaired) electrons. The highest BCUT2D eigenvalue weighted by atomic mass is 79.9. The number of halogens is 2. The van der Waals surface area contributed by atoms with Crippen LogP contribution in [0.2, 0.25) is 0 Å². The van der Waals surface area contributed by atoms with E-state index in [1.54, 1.807) is 6.92 Å². The summed E-state index contributed by atoms with van der Waals surface area (Å²) in [5, 5.41) is 3.12. The van der Waals surface area contributed by atoms with E-state index in [-0.39, 0.29) is 12.0 Å². The molecule has 0 aliphatic rings. The van der Waals surface area contributed by atoms with Gasteiger partial charge < -0.3 is 10.1 Å². The average molecular weight is 371 g/mol. The number of ether oxygens (including phenoxy) is 1. The molecule has 0 amide bonds. The van der Waals surface area contributed by atoms with Gasteiger partial charge in [-0.3, -0.25) is 0 Å². The smallest absolute Gasteiger partial charge is 0.328 e. The molecule has 0 aliphatic heterocycles. The van der Waals surface area contributed by atoms with E-state index < -0.39 is 0 Å². The van der Waals surface area contributed by atoms with Crippen LogP contribution in [0.3, 0.4) is 0 Å². The molecule has 1 heterocycles. The lowest BCUT2D eigenvalue weighted by Gasteiger charge is -2.14. The monoisotopic (exact) mass is 369 g/mol. The van der Waals surface area contributed by atoms with Gasteiger partial charge >= 0.3 is 5.97 Å². The maximum absolute atomic E-state index is 11.7. The van der Waals surface area contributed by atoms with Crippen molar-refractivity contribution in [1.82, 2.24) is 5.32 Å². The molecule has 3 nitrogen and oxygen atoms in total. The standard InChI is InChI=1S/C10H13Br2NO2S/c1-3-13-8(10(14)15-4-2)7-5-6(11)9(12)16-7/h5,8,13H,3-4H2,1-2H3. The zero-order valence-electron chi connectivity index (χ0n) is 9.05. The molecule has 1 aromatic rings. The van der Waals surface area contributed by atoms with Crippen LogP contribution >= 0.6 is 43.2 Å². The van der Waals surface area contributed by atoms with E-state index in [0.29, 0.717) is 6.61 Å². The molecule has 90 valence electrons. The fourth-order valence-electron chi connectivity index (χ4n) is 1.24. The summed E-state index contributed by atoms with van der Waals surface area (Å²) in [5.74, 6) is -0.231. The van der Waals surface area contributed by atoms with Crippen molar-refractivity contribution in [1.29, 1.82) is 0 Å². The minimum absolute atomic E-state index is 0.231. The summed E-state index contributed by atoms with van der Waals surface area (Å²) >= 11 is 8.35. The van der Waals surface area contributed by atoms with E-state index >= 15 is 0 Å². The van der Waals surface area contributed by atoms with Gasteiger partial charge in [0.1, 0.15) is 6.04 Å². The molecular formula is C10H13Br2NO2S. The molecule has 1 unspecified atom stereocenters. The minimum atomic E-state index is -0.377. The van der Waals surface area contributed by atoms with E-state index in [4.69, 9.17) is 4.74 Å². The van der Waals surface area contributed by atoms with Gasteiger partial charge in [-0.1, -0.05) is 6.92 Å². The molecule has 1 atom stereocenters. The second-order valence-corrected chi connectivity index (χ2v) is 6.27. The maximum Gasteiger partial charge on any atom is 0.328 e. The van der Waals surface area contributed by atoms with Gasteiger partial charge in [0.2, 0.25) is 0 Å². The molecule has 16 heavy (non-hydrogen) atoms. The van der Waals surface area contributed by atoms with Crippen LogP contribution in [-0.4, -0.2) is 19.1 Å². The van der Waals surface area contributed by atoms with Crippen molar-refractivity contribution < 1.29 is 9.53 Å². The van der Waals surface area contributed by atoms with Gasteiger partial charge in [-0.2, -0.15) is 0 Å². The van der Waals surface area contributed by atoms with Crippen LogP contribution < -0.4 is 5.32 Å². The van der Waals surface area contributed by atoms with Crippen molar-refractivity contribution in [3.63, 3.8) is 0 Å². The summed E-state index contributed by atoms with van der Waals surface area (Å²) in [4.78, 5) is 12.7. The number of nitrogens with one attached hydrogen (secondary N) is 1. The minimum Gasteiger partial charge on any atom is -0.465 e. The first-order chi connectivity index (χ1) is 7.60.